The van der Waals surface area contributed by atoms with Crippen LogP contribution in [0.1, 0.15) is 38.7 Å². The monoisotopic (exact) mass is 425 g/mol. The molecule has 0 aliphatic carbocycles. The summed E-state index contributed by atoms with van der Waals surface area (Å²) in [6.07, 6.45) is 1.98. The predicted molar refractivity (Wildman–Crippen MR) is 115 cm³/mol. The van der Waals surface area contributed by atoms with E-state index < -0.39 is 0 Å². The van der Waals surface area contributed by atoms with Crippen molar-refractivity contribution in [2.75, 3.05) is 11.9 Å². The van der Waals surface area contributed by atoms with Gasteiger partial charge in [0.15, 0.2) is 0 Å². The van der Waals surface area contributed by atoms with Gasteiger partial charge >= 0.3 is 5.69 Å². The average molecular weight is 426 g/mol. The lowest BCUT2D eigenvalue weighted by molar-refractivity contribution is 0.0933. The summed E-state index contributed by atoms with van der Waals surface area (Å²) < 4.78 is 3.03. The number of nitrogens with zero attached hydrogens (tertiary/aromatic N) is 4. The molecule has 2 amide bonds. The first-order chi connectivity index (χ1) is 14.5. The zero-order valence-corrected chi connectivity index (χ0v) is 17.7. The highest BCUT2D eigenvalue weighted by atomic mass is 32.1. The summed E-state index contributed by atoms with van der Waals surface area (Å²) in [5, 5.41) is 9.20. The van der Waals surface area contributed by atoms with Gasteiger partial charge in [0.1, 0.15) is 5.82 Å². The number of hydrogen-bond donors (Lipinski definition) is 1. The Hall–Kier alpha value is -3.20. The molecule has 3 heterocycles. The second-order valence-corrected chi connectivity index (χ2v) is 8.28. The van der Waals surface area contributed by atoms with Gasteiger partial charge in [-0.05, 0) is 36.4 Å². The molecule has 0 saturated heterocycles. The minimum absolute atomic E-state index is 0.0738. The van der Waals surface area contributed by atoms with E-state index >= 15 is 0 Å². The second-order valence-electron chi connectivity index (χ2n) is 7.33. The molecule has 2 aromatic heterocycles. The van der Waals surface area contributed by atoms with Gasteiger partial charge in [-0.2, -0.15) is 5.10 Å². The molecule has 0 saturated carbocycles. The molecule has 0 fully saturated rings. The van der Waals surface area contributed by atoms with Gasteiger partial charge in [-0.25, -0.2) is 9.48 Å². The summed E-state index contributed by atoms with van der Waals surface area (Å²) in [5.41, 5.74) is 0.877. The molecule has 3 aromatic rings. The highest BCUT2D eigenvalue weighted by Gasteiger charge is 2.24. The average Bonchev–Trinajstić information content (AvgIpc) is 3.33. The maximum Gasteiger partial charge on any atom is 0.345 e. The lowest BCUT2D eigenvalue weighted by Gasteiger charge is -2.22. The zero-order chi connectivity index (χ0) is 21.3. The van der Waals surface area contributed by atoms with Crippen LogP contribution in [0.25, 0.3) is 0 Å². The largest absolute Gasteiger partial charge is 0.349 e. The van der Waals surface area contributed by atoms with Gasteiger partial charge in [-0.3, -0.25) is 14.2 Å². The summed E-state index contributed by atoms with van der Waals surface area (Å²) in [7, 11) is 3.32. The highest BCUT2D eigenvalue weighted by molar-refractivity contribution is 7.12. The SMILES string of the molecule is CN(C(=O)c1cccs1)c1ccccc1C(=O)NC1CCc2nn(C)c(=O)n2CC1. The predicted octanol–water partition coefficient (Wildman–Crippen LogP) is 2.05. The summed E-state index contributed by atoms with van der Waals surface area (Å²) in [4.78, 5) is 40.1. The van der Waals surface area contributed by atoms with Crippen molar-refractivity contribution < 1.29 is 9.59 Å². The molecule has 1 unspecified atom stereocenters. The topological polar surface area (TPSA) is 89.2 Å². The van der Waals surface area contributed by atoms with Crippen LogP contribution in [-0.2, 0) is 20.0 Å². The van der Waals surface area contributed by atoms with Crippen molar-refractivity contribution >= 4 is 28.8 Å². The Labute approximate surface area is 177 Å². The third kappa shape index (κ3) is 3.80. The fourth-order valence-electron chi connectivity index (χ4n) is 3.74. The van der Waals surface area contributed by atoms with Crippen molar-refractivity contribution in [1.82, 2.24) is 19.7 Å². The summed E-state index contributed by atoms with van der Waals surface area (Å²) >= 11 is 1.37. The Bertz CT molecular complexity index is 1130. The van der Waals surface area contributed by atoms with Crippen LogP contribution in [0.2, 0.25) is 0 Å². The Balaban J connectivity index is 1.49. The molecule has 156 valence electrons. The minimum atomic E-state index is -0.228. The van der Waals surface area contributed by atoms with Crippen molar-refractivity contribution in [3.8, 4) is 0 Å². The van der Waals surface area contributed by atoms with Gasteiger partial charge in [-0.1, -0.05) is 18.2 Å². The molecule has 30 heavy (non-hydrogen) atoms. The Morgan fingerprint density at radius 2 is 2.00 bits per heavy atom. The summed E-state index contributed by atoms with van der Waals surface area (Å²) in [6.45, 7) is 0.519. The van der Waals surface area contributed by atoms with E-state index in [0.717, 1.165) is 5.82 Å². The zero-order valence-electron chi connectivity index (χ0n) is 16.9. The number of rotatable bonds is 4. The number of benzene rings is 1. The number of nitrogens with one attached hydrogen (secondary N) is 1. The molecule has 0 spiro atoms. The van der Waals surface area contributed by atoms with Gasteiger partial charge in [0.25, 0.3) is 11.8 Å². The Kier molecular flexibility index (Phi) is 5.54. The van der Waals surface area contributed by atoms with E-state index in [2.05, 4.69) is 10.4 Å². The van der Waals surface area contributed by atoms with Crippen molar-refractivity contribution in [2.24, 2.45) is 7.05 Å². The van der Waals surface area contributed by atoms with Crippen molar-refractivity contribution in [3.63, 3.8) is 0 Å². The van der Waals surface area contributed by atoms with Gasteiger partial charge < -0.3 is 10.2 Å². The number of thiophene rings is 1. The van der Waals surface area contributed by atoms with Crippen LogP contribution in [0.15, 0.2) is 46.6 Å². The number of aryl methyl sites for hydroxylation is 2. The Morgan fingerprint density at radius 1 is 1.20 bits per heavy atom. The van der Waals surface area contributed by atoms with Crippen molar-refractivity contribution in [3.05, 3.63) is 68.5 Å². The third-order valence-corrected chi connectivity index (χ3v) is 6.24. The highest BCUT2D eigenvalue weighted by Crippen LogP contribution is 2.23. The number of fused-ring (bicyclic) bond motifs is 1. The smallest absolute Gasteiger partial charge is 0.345 e. The molecule has 8 nitrogen and oxygen atoms in total. The lowest BCUT2D eigenvalue weighted by Crippen LogP contribution is -2.37. The van der Waals surface area contributed by atoms with E-state index in [1.165, 1.54) is 20.9 Å². The van der Waals surface area contributed by atoms with Gasteiger partial charge in [0.05, 0.1) is 16.1 Å². The fraction of sp³-hybridized carbons (Fsp3) is 0.333. The van der Waals surface area contributed by atoms with Crippen LogP contribution in [0, 0.1) is 0 Å². The maximum absolute atomic E-state index is 13.1. The second kappa shape index (κ2) is 8.27. The van der Waals surface area contributed by atoms with E-state index in [0.29, 0.717) is 41.9 Å². The number of amides is 2. The van der Waals surface area contributed by atoms with Crippen LogP contribution in [-0.4, -0.2) is 39.3 Å². The number of hydrogen-bond acceptors (Lipinski definition) is 5. The molecule has 0 radical (unpaired) electrons. The summed E-state index contributed by atoms with van der Waals surface area (Å²) in [5.74, 6) is 0.371. The van der Waals surface area contributed by atoms with Gasteiger partial charge in [0.2, 0.25) is 0 Å². The number of aromatic nitrogens is 3. The molecule has 1 aromatic carbocycles. The third-order valence-electron chi connectivity index (χ3n) is 5.38. The molecular weight excluding hydrogens is 402 g/mol. The first kappa shape index (κ1) is 20.1. The van der Waals surface area contributed by atoms with Crippen molar-refractivity contribution in [1.29, 1.82) is 0 Å². The standard InChI is InChI=1S/C21H23N5O3S/c1-24(20(28)17-8-5-13-30-17)16-7-4-3-6-15(16)19(27)22-14-9-10-18-23-25(2)21(29)26(18)12-11-14/h3-8,13-14H,9-12H2,1-2H3,(H,22,27). The molecule has 4 rings (SSSR count). The van der Waals surface area contributed by atoms with Gasteiger partial charge in [0, 0.05) is 33.1 Å². The van der Waals surface area contributed by atoms with Crippen LogP contribution >= 0.6 is 11.3 Å². The van der Waals surface area contributed by atoms with E-state index in [-0.39, 0.29) is 23.5 Å². The quantitative estimate of drug-likeness (QED) is 0.693. The van der Waals surface area contributed by atoms with Crippen LogP contribution < -0.4 is 15.9 Å². The van der Waals surface area contributed by atoms with E-state index in [4.69, 9.17) is 0 Å². The first-order valence-electron chi connectivity index (χ1n) is 9.80. The molecule has 1 aliphatic rings. The molecule has 1 aliphatic heterocycles. The molecular formula is C21H23N5O3S. The maximum atomic E-state index is 13.1. The van der Waals surface area contributed by atoms with Crippen LogP contribution in [0.4, 0.5) is 5.69 Å². The lowest BCUT2D eigenvalue weighted by atomic mass is 10.1. The Morgan fingerprint density at radius 3 is 2.77 bits per heavy atom. The fourth-order valence-corrected chi connectivity index (χ4v) is 4.44. The van der Waals surface area contributed by atoms with Crippen molar-refractivity contribution in [2.45, 2.75) is 31.8 Å². The first-order valence-corrected chi connectivity index (χ1v) is 10.7. The summed E-state index contributed by atoms with van der Waals surface area (Å²) in [6, 6.07) is 10.6. The minimum Gasteiger partial charge on any atom is -0.349 e. The number of para-hydroxylation sites is 1. The number of carbonyl (C=O) groups is 2. The van der Waals surface area contributed by atoms with Gasteiger partial charge in [-0.15, -0.1) is 11.3 Å². The molecule has 9 heteroatoms. The van der Waals surface area contributed by atoms with E-state index in [1.807, 2.05) is 17.5 Å². The van der Waals surface area contributed by atoms with Crippen LogP contribution in [0.5, 0.6) is 0 Å². The molecule has 0 bridgehead atoms. The van der Waals surface area contributed by atoms with Crippen LogP contribution in [0.3, 0.4) is 0 Å². The normalized spacial score (nSPS) is 15.9. The number of carbonyl (C=O) groups excluding carboxylic acids is 2. The molecule has 1 N–H and O–H groups in total. The molecule has 1 atom stereocenters. The number of anilines is 1. The van der Waals surface area contributed by atoms with E-state index in [1.54, 1.807) is 42.9 Å². The van der Waals surface area contributed by atoms with E-state index in [9.17, 15) is 14.4 Å².